The van der Waals surface area contributed by atoms with Crippen LogP contribution < -0.4 is 16.6 Å². The van der Waals surface area contributed by atoms with E-state index in [1.165, 1.54) is 12.7 Å². The number of nitrogens with two attached hydrogens (primary N) is 1. The van der Waals surface area contributed by atoms with E-state index in [-0.39, 0.29) is 0 Å². The normalized spacial score (nSPS) is 23.7. The Balaban J connectivity index is 2.21. The van der Waals surface area contributed by atoms with E-state index in [1.807, 2.05) is 0 Å². The highest BCUT2D eigenvalue weighted by Crippen LogP contribution is 2.33. The molecule has 15 heavy (non-hydrogen) atoms. The number of hydrogen-bond acceptors (Lipinski definition) is 5. The van der Waals surface area contributed by atoms with Crippen LogP contribution in [0.4, 0.5) is 11.6 Å². The maximum absolute atomic E-state index is 5.40. The Morgan fingerprint density at radius 2 is 2.13 bits per heavy atom. The number of hydrogen-bond donors (Lipinski definition) is 3. The van der Waals surface area contributed by atoms with Gasteiger partial charge in [-0.3, -0.25) is 0 Å². The molecule has 1 heterocycles. The molecular weight excluding hydrogens is 190 g/mol. The third-order valence-electron chi connectivity index (χ3n) is 2.87. The van der Waals surface area contributed by atoms with Crippen molar-refractivity contribution in [2.24, 2.45) is 11.8 Å². The van der Waals surface area contributed by atoms with Gasteiger partial charge in [0.1, 0.15) is 18.0 Å². The number of rotatable bonds is 4. The van der Waals surface area contributed by atoms with Gasteiger partial charge in [0.15, 0.2) is 0 Å². The maximum atomic E-state index is 5.40. The molecule has 1 aliphatic carbocycles. The molecule has 1 fully saturated rings. The minimum absolute atomic E-state index is 0.566. The fourth-order valence-corrected chi connectivity index (χ4v) is 1.69. The molecule has 0 spiro atoms. The molecule has 0 aliphatic heterocycles. The van der Waals surface area contributed by atoms with Crippen LogP contribution in [0.2, 0.25) is 0 Å². The van der Waals surface area contributed by atoms with Crippen LogP contribution in [0, 0.1) is 5.92 Å². The van der Waals surface area contributed by atoms with Gasteiger partial charge in [0.25, 0.3) is 0 Å². The van der Waals surface area contributed by atoms with E-state index in [2.05, 4.69) is 34.6 Å². The SMILES string of the molecule is CCc1c(NN)ncnc1NC1CC1C. The summed E-state index contributed by atoms with van der Waals surface area (Å²) in [6.07, 6.45) is 3.62. The van der Waals surface area contributed by atoms with Crippen LogP contribution in [0.3, 0.4) is 0 Å². The van der Waals surface area contributed by atoms with Crippen molar-refractivity contribution in [3.05, 3.63) is 11.9 Å². The predicted octanol–water partition coefficient (Wildman–Crippen LogP) is 1.14. The Hall–Kier alpha value is -1.36. The molecule has 1 aromatic heterocycles. The van der Waals surface area contributed by atoms with Crippen molar-refractivity contribution < 1.29 is 0 Å². The molecule has 1 saturated carbocycles. The van der Waals surface area contributed by atoms with E-state index in [1.54, 1.807) is 0 Å². The lowest BCUT2D eigenvalue weighted by Crippen LogP contribution is -2.15. The van der Waals surface area contributed by atoms with Crippen LogP contribution >= 0.6 is 0 Å². The highest BCUT2D eigenvalue weighted by Gasteiger charge is 2.33. The molecule has 1 aromatic rings. The van der Waals surface area contributed by atoms with Crippen molar-refractivity contribution >= 4 is 11.6 Å². The molecule has 5 heteroatoms. The van der Waals surface area contributed by atoms with E-state index in [0.29, 0.717) is 11.9 Å². The fraction of sp³-hybridized carbons (Fsp3) is 0.600. The van der Waals surface area contributed by atoms with Crippen molar-refractivity contribution in [1.29, 1.82) is 0 Å². The average molecular weight is 207 g/mol. The zero-order valence-electron chi connectivity index (χ0n) is 9.12. The number of anilines is 2. The van der Waals surface area contributed by atoms with Crippen LogP contribution in [-0.4, -0.2) is 16.0 Å². The third kappa shape index (κ3) is 2.02. The van der Waals surface area contributed by atoms with Crippen molar-refractivity contribution in [2.45, 2.75) is 32.7 Å². The quantitative estimate of drug-likeness (QED) is 0.510. The summed E-state index contributed by atoms with van der Waals surface area (Å²) in [6.45, 7) is 4.30. The Labute approximate surface area is 89.5 Å². The summed E-state index contributed by atoms with van der Waals surface area (Å²) in [4.78, 5) is 8.34. The van der Waals surface area contributed by atoms with Crippen LogP contribution in [0.15, 0.2) is 6.33 Å². The number of nitrogens with one attached hydrogen (secondary N) is 2. The summed E-state index contributed by atoms with van der Waals surface area (Å²) in [5, 5.41) is 3.41. The lowest BCUT2D eigenvalue weighted by Gasteiger charge is -2.12. The predicted molar refractivity (Wildman–Crippen MR) is 60.4 cm³/mol. The van der Waals surface area contributed by atoms with Crippen LogP contribution in [-0.2, 0) is 6.42 Å². The van der Waals surface area contributed by atoms with E-state index in [9.17, 15) is 0 Å². The Bertz CT molecular complexity index is 352. The lowest BCUT2D eigenvalue weighted by atomic mass is 10.2. The van der Waals surface area contributed by atoms with Crippen molar-refractivity contribution in [2.75, 3.05) is 10.7 Å². The molecule has 2 atom stereocenters. The number of aromatic nitrogens is 2. The third-order valence-corrected chi connectivity index (χ3v) is 2.87. The lowest BCUT2D eigenvalue weighted by molar-refractivity contribution is 0.913. The summed E-state index contributed by atoms with van der Waals surface area (Å²) < 4.78 is 0. The summed E-state index contributed by atoms with van der Waals surface area (Å²) >= 11 is 0. The van der Waals surface area contributed by atoms with Gasteiger partial charge >= 0.3 is 0 Å². The Morgan fingerprint density at radius 1 is 1.47 bits per heavy atom. The number of nitrogen functional groups attached to an aromatic ring is 1. The van der Waals surface area contributed by atoms with Crippen LogP contribution in [0.25, 0.3) is 0 Å². The van der Waals surface area contributed by atoms with E-state index < -0.39 is 0 Å². The summed E-state index contributed by atoms with van der Waals surface area (Å²) in [5.74, 6) is 7.77. The molecule has 1 aliphatic rings. The molecule has 0 amide bonds. The molecule has 0 saturated heterocycles. The Morgan fingerprint density at radius 3 is 2.67 bits per heavy atom. The first-order chi connectivity index (χ1) is 7.26. The van der Waals surface area contributed by atoms with Gasteiger partial charge in [-0.2, -0.15) is 0 Å². The topological polar surface area (TPSA) is 75.9 Å². The van der Waals surface area contributed by atoms with E-state index >= 15 is 0 Å². The molecule has 82 valence electrons. The standard InChI is InChI=1S/C10H17N5/c1-3-7-9(14-8-4-6(8)2)12-5-13-10(7)15-11/h5-6,8H,3-4,11H2,1-2H3,(H2,12,13,14,15). The first-order valence-electron chi connectivity index (χ1n) is 5.33. The highest BCUT2D eigenvalue weighted by molar-refractivity contribution is 5.57. The van der Waals surface area contributed by atoms with Crippen LogP contribution in [0.5, 0.6) is 0 Å². The molecule has 0 aromatic carbocycles. The van der Waals surface area contributed by atoms with Crippen LogP contribution in [0.1, 0.15) is 25.8 Å². The minimum Gasteiger partial charge on any atom is -0.367 e. The smallest absolute Gasteiger partial charge is 0.148 e. The second-order valence-electron chi connectivity index (χ2n) is 4.01. The Kier molecular flexibility index (Phi) is 2.73. The summed E-state index contributed by atoms with van der Waals surface area (Å²) in [5.41, 5.74) is 3.66. The van der Waals surface area contributed by atoms with E-state index in [4.69, 9.17) is 5.84 Å². The molecule has 2 rings (SSSR count). The largest absolute Gasteiger partial charge is 0.367 e. The molecule has 2 unspecified atom stereocenters. The summed E-state index contributed by atoms with van der Waals surface area (Å²) in [7, 11) is 0. The summed E-state index contributed by atoms with van der Waals surface area (Å²) in [6, 6.07) is 0.566. The van der Waals surface area contributed by atoms with Gasteiger partial charge in [-0.25, -0.2) is 15.8 Å². The fourth-order valence-electron chi connectivity index (χ4n) is 1.69. The monoisotopic (exact) mass is 207 g/mol. The van der Waals surface area contributed by atoms with Crippen molar-refractivity contribution in [3.8, 4) is 0 Å². The first kappa shape index (κ1) is 10.2. The van der Waals surface area contributed by atoms with Gasteiger partial charge in [0, 0.05) is 11.6 Å². The van der Waals surface area contributed by atoms with Gasteiger partial charge in [-0.1, -0.05) is 13.8 Å². The molecule has 0 bridgehead atoms. The molecule has 0 radical (unpaired) electrons. The maximum Gasteiger partial charge on any atom is 0.148 e. The number of hydrazine groups is 1. The van der Waals surface area contributed by atoms with Crippen molar-refractivity contribution in [3.63, 3.8) is 0 Å². The van der Waals surface area contributed by atoms with Gasteiger partial charge in [0.05, 0.1) is 0 Å². The molecule has 4 N–H and O–H groups in total. The van der Waals surface area contributed by atoms with Gasteiger partial charge < -0.3 is 10.7 Å². The molecular formula is C10H17N5. The number of nitrogens with zero attached hydrogens (tertiary/aromatic N) is 2. The van der Waals surface area contributed by atoms with Crippen molar-refractivity contribution in [1.82, 2.24) is 9.97 Å². The van der Waals surface area contributed by atoms with Gasteiger partial charge in [-0.05, 0) is 18.8 Å². The highest BCUT2D eigenvalue weighted by atomic mass is 15.3. The van der Waals surface area contributed by atoms with Gasteiger partial charge in [-0.15, -0.1) is 0 Å². The van der Waals surface area contributed by atoms with Gasteiger partial charge in [0.2, 0.25) is 0 Å². The zero-order valence-corrected chi connectivity index (χ0v) is 9.12. The van der Waals surface area contributed by atoms with E-state index in [0.717, 1.165) is 23.7 Å². The minimum atomic E-state index is 0.566. The second kappa shape index (κ2) is 4.02. The zero-order chi connectivity index (χ0) is 10.8. The average Bonchev–Trinajstić information content (AvgIpc) is 2.94. The molecule has 5 nitrogen and oxygen atoms in total. The second-order valence-corrected chi connectivity index (χ2v) is 4.01. The first-order valence-corrected chi connectivity index (χ1v) is 5.33.